The van der Waals surface area contributed by atoms with Crippen molar-refractivity contribution in [3.8, 4) is 0 Å². The number of anilines is 1. The molecule has 0 saturated heterocycles. The fourth-order valence-electron chi connectivity index (χ4n) is 3.56. The summed E-state index contributed by atoms with van der Waals surface area (Å²) >= 11 is 12.4. The predicted molar refractivity (Wildman–Crippen MR) is 147 cm³/mol. The van der Waals surface area contributed by atoms with Crippen LogP contribution in [-0.4, -0.2) is 50.0 Å². The highest BCUT2D eigenvalue weighted by atomic mass is 35.5. The van der Waals surface area contributed by atoms with Gasteiger partial charge in [0.2, 0.25) is 21.8 Å². The summed E-state index contributed by atoms with van der Waals surface area (Å²) in [4.78, 5) is 27.7. The molecule has 2 amide bonds. The van der Waals surface area contributed by atoms with Crippen molar-refractivity contribution in [2.24, 2.45) is 0 Å². The van der Waals surface area contributed by atoms with Gasteiger partial charge in [0.1, 0.15) is 12.6 Å². The van der Waals surface area contributed by atoms with E-state index < -0.39 is 28.5 Å². The van der Waals surface area contributed by atoms with Crippen molar-refractivity contribution in [1.29, 1.82) is 0 Å². The molecule has 1 atom stereocenters. The molecule has 2 rings (SSSR count). The summed E-state index contributed by atoms with van der Waals surface area (Å²) in [7, 11) is -3.80. The van der Waals surface area contributed by atoms with Crippen molar-refractivity contribution in [1.82, 2.24) is 10.2 Å². The SMILES string of the molecule is CC(C)NC(=O)[C@@H](C)N(Cc1ccc(Cl)cc1Cl)C(=O)CN(c1ccc(C(C)(C)C)cc1)S(C)(=O)=O. The van der Waals surface area contributed by atoms with Crippen molar-refractivity contribution in [2.75, 3.05) is 17.1 Å². The highest BCUT2D eigenvalue weighted by molar-refractivity contribution is 7.92. The Morgan fingerprint density at radius 3 is 2.06 bits per heavy atom. The van der Waals surface area contributed by atoms with E-state index in [0.29, 0.717) is 21.3 Å². The van der Waals surface area contributed by atoms with Crippen LogP contribution < -0.4 is 9.62 Å². The first kappa shape index (κ1) is 29.9. The van der Waals surface area contributed by atoms with Crippen molar-refractivity contribution in [2.45, 2.75) is 65.6 Å². The van der Waals surface area contributed by atoms with Crippen molar-refractivity contribution < 1.29 is 18.0 Å². The number of benzene rings is 2. The second kappa shape index (κ2) is 11.8. The maximum absolute atomic E-state index is 13.6. The number of sulfonamides is 1. The molecule has 198 valence electrons. The molecule has 1 N–H and O–H groups in total. The van der Waals surface area contributed by atoms with Crippen LogP contribution in [0, 0.1) is 0 Å². The third-order valence-electron chi connectivity index (χ3n) is 5.65. The summed E-state index contributed by atoms with van der Waals surface area (Å²) in [5.74, 6) is -0.901. The van der Waals surface area contributed by atoms with E-state index in [9.17, 15) is 18.0 Å². The maximum Gasteiger partial charge on any atom is 0.244 e. The van der Waals surface area contributed by atoms with E-state index in [-0.39, 0.29) is 23.9 Å². The lowest BCUT2D eigenvalue weighted by atomic mass is 9.87. The molecule has 2 aromatic carbocycles. The third-order valence-corrected chi connectivity index (χ3v) is 7.38. The molecule has 0 spiro atoms. The van der Waals surface area contributed by atoms with E-state index in [2.05, 4.69) is 26.1 Å². The number of amides is 2. The average Bonchev–Trinajstić information content (AvgIpc) is 2.74. The van der Waals surface area contributed by atoms with Crippen molar-refractivity contribution in [3.05, 3.63) is 63.6 Å². The van der Waals surface area contributed by atoms with Crippen LogP contribution >= 0.6 is 23.2 Å². The number of carbonyl (C=O) groups excluding carboxylic acids is 2. The first-order valence-electron chi connectivity index (χ1n) is 11.6. The molecule has 10 heteroatoms. The van der Waals surface area contributed by atoms with E-state index in [1.54, 1.807) is 37.3 Å². The van der Waals surface area contributed by atoms with Crippen LogP contribution in [-0.2, 0) is 31.6 Å². The molecule has 0 aliphatic heterocycles. The molecule has 0 bridgehead atoms. The van der Waals surface area contributed by atoms with Crippen LogP contribution in [0.5, 0.6) is 0 Å². The predicted octanol–water partition coefficient (Wildman–Crippen LogP) is 5.00. The number of nitrogens with zero attached hydrogens (tertiary/aromatic N) is 2. The highest BCUT2D eigenvalue weighted by Gasteiger charge is 2.31. The fraction of sp³-hybridized carbons (Fsp3) is 0.462. The van der Waals surface area contributed by atoms with Gasteiger partial charge in [0, 0.05) is 22.6 Å². The standard InChI is InChI=1S/C26H35Cl2N3O4S/c1-17(2)29-25(33)18(3)30(15-19-8-11-21(27)14-23(19)28)24(32)16-31(36(7,34)35)22-12-9-20(10-13-22)26(4,5)6/h8-14,17-18H,15-16H2,1-7H3,(H,29,33)/t18-/m1/s1. The molecular weight excluding hydrogens is 521 g/mol. The largest absolute Gasteiger partial charge is 0.352 e. The van der Waals surface area contributed by atoms with E-state index in [0.717, 1.165) is 16.1 Å². The summed E-state index contributed by atoms with van der Waals surface area (Å²) in [5.41, 5.74) is 1.86. The van der Waals surface area contributed by atoms with Gasteiger partial charge in [-0.2, -0.15) is 0 Å². The molecule has 2 aromatic rings. The van der Waals surface area contributed by atoms with Gasteiger partial charge in [0.05, 0.1) is 11.9 Å². The van der Waals surface area contributed by atoms with Gasteiger partial charge < -0.3 is 10.2 Å². The Morgan fingerprint density at radius 2 is 1.58 bits per heavy atom. The zero-order chi connectivity index (χ0) is 27.4. The van der Waals surface area contributed by atoms with Crippen LogP contribution in [0.1, 0.15) is 52.7 Å². The molecule has 0 unspecified atom stereocenters. The fourth-order valence-corrected chi connectivity index (χ4v) is 4.88. The zero-order valence-electron chi connectivity index (χ0n) is 21.8. The molecule has 0 aliphatic carbocycles. The maximum atomic E-state index is 13.6. The Balaban J connectivity index is 2.43. The van der Waals surface area contributed by atoms with E-state index >= 15 is 0 Å². The van der Waals surface area contributed by atoms with Gasteiger partial charge in [-0.3, -0.25) is 13.9 Å². The lowest BCUT2D eigenvalue weighted by molar-refractivity contribution is -0.139. The number of carbonyl (C=O) groups is 2. The lowest BCUT2D eigenvalue weighted by Crippen LogP contribution is -2.52. The normalized spacial score (nSPS) is 12.8. The smallest absolute Gasteiger partial charge is 0.244 e. The molecule has 0 aliphatic rings. The first-order chi connectivity index (χ1) is 16.5. The Kier molecular flexibility index (Phi) is 9.84. The van der Waals surface area contributed by atoms with E-state index in [1.807, 2.05) is 26.0 Å². The second-order valence-electron chi connectivity index (χ2n) is 10.2. The van der Waals surface area contributed by atoms with Crippen LogP contribution in [0.25, 0.3) is 0 Å². The van der Waals surface area contributed by atoms with Crippen LogP contribution in [0.2, 0.25) is 10.0 Å². The Morgan fingerprint density at radius 1 is 1.00 bits per heavy atom. The summed E-state index contributed by atoms with van der Waals surface area (Å²) in [5, 5.41) is 3.59. The molecule has 0 radical (unpaired) electrons. The summed E-state index contributed by atoms with van der Waals surface area (Å²) in [6.45, 7) is 10.9. The van der Waals surface area contributed by atoms with E-state index in [1.165, 1.54) is 4.90 Å². The topological polar surface area (TPSA) is 86.8 Å². The van der Waals surface area contributed by atoms with Crippen LogP contribution in [0.15, 0.2) is 42.5 Å². The Labute approximate surface area is 224 Å². The molecule has 36 heavy (non-hydrogen) atoms. The number of nitrogens with one attached hydrogen (secondary N) is 1. The highest BCUT2D eigenvalue weighted by Crippen LogP contribution is 2.27. The van der Waals surface area contributed by atoms with Crippen LogP contribution in [0.3, 0.4) is 0 Å². The van der Waals surface area contributed by atoms with Gasteiger partial charge >= 0.3 is 0 Å². The first-order valence-corrected chi connectivity index (χ1v) is 14.2. The van der Waals surface area contributed by atoms with Crippen molar-refractivity contribution in [3.63, 3.8) is 0 Å². The summed E-state index contributed by atoms with van der Waals surface area (Å²) in [6.07, 6.45) is 1.05. The van der Waals surface area contributed by atoms with Gasteiger partial charge in [-0.15, -0.1) is 0 Å². The van der Waals surface area contributed by atoms with Gasteiger partial charge in [-0.05, 0) is 61.6 Å². The minimum atomic E-state index is -3.80. The summed E-state index contributed by atoms with van der Waals surface area (Å²) < 4.78 is 26.5. The number of hydrogen-bond donors (Lipinski definition) is 1. The number of rotatable bonds is 9. The molecule has 0 saturated carbocycles. The Bertz CT molecular complexity index is 1190. The van der Waals surface area contributed by atoms with Crippen molar-refractivity contribution >= 4 is 50.7 Å². The van der Waals surface area contributed by atoms with E-state index in [4.69, 9.17) is 23.2 Å². The Hall–Kier alpha value is -2.29. The minimum absolute atomic E-state index is 0.00206. The number of hydrogen-bond acceptors (Lipinski definition) is 4. The molecule has 0 fully saturated rings. The van der Waals surface area contributed by atoms with Gasteiger partial charge in [-0.25, -0.2) is 8.42 Å². The average molecular weight is 557 g/mol. The zero-order valence-corrected chi connectivity index (χ0v) is 24.1. The monoisotopic (exact) mass is 555 g/mol. The number of halogens is 2. The third kappa shape index (κ3) is 8.11. The minimum Gasteiger partial charge on any atom is -0.352 e. The van der Waals surface area contributed by atoms with Gasteiger partial charge in [0.15, 0.2) is 0 Å². The molecule has 0 heterocycles. The van der Waals surface area contributed by atoms with Crippen LogP contribution in [0.4, 0.5) is 5.69 Å². The molecule has 0 aromatic heterocycles. The second-order valence-corrected chi connectivity index (χ2v) is 12.9. The molecular formula is C26H35Cl2N3O4S. The quantitative estimate of drug-likeness (QED) is 0.471. The van der Waals surface area contributed by atoms with Gasteiger partial charge in [0.25, 0.3) is 0 Å². The summed E-state index contributed by atoms with van der Waals surface area (Å²) in [6, 6.07) is 10.9. The molecule has 7 nitrogen and oxygen atoms in total. The van der Waals surface area contributed by atoms with Gasteiger partial charge in [-0.1, -0.05) is 62.2 Å². The lowest BCUT2D eigenvalue weighted by Gasteiger charge is -2.32.